The van der Waals surface area contributed by atoms with Gasteiger partial charge in [-0.1, -0.05) is 24.3 Å². The summed E-state index contributed by atoms with van der Waals surface area (Å²) in [4.78, 5) is 0. The molecule has 0 saturated carbocycles. The van der Waals surface area contributed by atoms with Crippen molar-refractivity contribution < 1.29 is 18.3 Å². The first-order valence-corrected chi connectivity index (χ1v) is 7.84. The van der Waals surface area contributed by atoms with Gasteiger partial charge in [-0.25, -0.2) is 0 Å². The molecule has 4 nitrogen and oxygen atoms in total. The van der Waals surface area contributed by atoms with Gasteiger partial charge in [0.05, 0.1) is 12.5 Å². The molecular formula is C20H18O4. The summed E-state index contributed by atoms with van der Waals surface area (Å²) in [6.45, 7) is 4.44. The summed E-state index contributed by atoms with van der Waals surface area (Å²) >= 11 is 0. The van der Waals surface area contributed by atoms with Crippen LogP contribution < -0.4 is 9.47 Å². The van der Waals surface area contributed by atoms with Crippen molar-refractivity contribution in [3.8, 4) is 11.7 Å². The second-order valence-corrected chi connectivity index (χ2v) is 5.84. The van der Waals surface area contributed by atoms with Crippen molar-refractivity contribution >= 4 is 21.9 Å². The summed E-state index contributed by atoms with van der Waals surface area (Å²) in [6, 6.07) is 13.9. The molecule has 0 amide bonds. The molecule has 0 aliphatic carbocycles. The number of aryl methyl sites for hydroxylation is 2. The van der Waals surface area contributed by atoms with Crippen molar-refractivity contribution in [1.29, 1.82) is 0 Å². The fourth-order valence-corrected chi connectivity index (χ4v) is 2.92. The van der Waals surface area contributed by atoms with Crippen LogP contribution >= 0.6 is 0 Å². The number of benzene rings is 2. The van der Waals surface area contributed by atoms with Crippen LogP contribution in [-0.4, -0.2) is 7.11 Å². The number of hydrogen-bond acceptors (Lipinski definition) is 4. The number of fused-ring (bicyclic) bond motifs is 2. The average Bonchev–Trinajstić information content (AvgIpc) is 3.17. The lowest BCUT2D eigenvalue weighted by atomic mass is 10.1. The second-order valence-electron chi connectivity index (χ2n) is 5.84. The van der Waals surface area contributed by atoms with Gasteiger partial charge in [0, 0.05) is 5.39 Å². The first-order chi connectivity index (χ1) is 11.7. The first kappa shape index (κ1) is 14.7. The summed E-state index contributed by atoms with van der Waals surface area (Å²) in [5, 5.41) is 2.01. The van der Waals surface area contributed by atoms with E-state index in [0.29, 0.717) is 18.3 Å². The highest BCUT2D eigenvalue weighted by molar-refractivity contribution is 5.90. The molecule has 0 spiro atoms. The number of para-hydroxylation sites is 1. The first-order valence-electron chi connectivity index (χ1n) is 7.84. The third kappa shape index (κ3) is 2.31. The van der Waals surface area contributed by atoms with Crippen LogP contribution in [-0.2, 0) is 6.61 Å². The molecule has 0 aliphatic heterocycles. The van der Waals surface area contributed by atoms with Gasteiger partial charge in [0.1, 0.15) is 23.5 Å². The minimum Gasteiger partial charge on any atom is -0.478 e. The Bertz CT molecular complexity index is 990. The van der Waals surface area contributed by atoms with Crippen LogP contribution in [0.25, 0.3) is 21.9 Å². The molecule has 0 radical (unpaired) electrons. The minimum absolute atomic E-state index is 0.313. The Hall–Kier alpha value is -2.88. The van der Waals surface area contributed by atoms with Gasteiger partial charge in [-0.05, 0) is 43.2 Å². The van der Waals surface area contributed by atoms with Gasteiger partial charge in [0.2, 0.25) is 5.75 Å². The summed E-state index contributed by atoms with van der Waals surface area (Å²) in [5.41, 5.74) is 3.92. The number of ether oxygens (including phenoxy) is 2. The van der Waals surface area contributed by atoms with Crippen LogP contribution in [0.15, 0.2) is 51.3 Å². The molecule has 0 saturated heterocycles. The zero-order valence-electron chi connectivity index (χ0n) is 13.9. The van der Waals surface area contributed by atoms with E-state index in [9.17, 15) is 0 Å². The molecule has 4 aromatic rings. The monoisotopic (exact) mass is 322 g/mol. The van der Waals surface area contributed by atoms with Crippen LogP contribution in [0.3, 0.4) is 0 Å². The van der Waals surface area contributed by atoms with Crippen LogP contribution in [0.4, 0.5) is 0 Å². The maximum atomic E-state index is 6.02. The molecule has 0 bridgehead atoms. The summed E-state index contributed by atoms with van der Waals surface area (Å²) in [6.07, 6.45) is 0. The lowest BCUT2D eigenvalue weighted by Gasteiger charge is -2.06. The second kappa shape index (κ2) is 5.64. The van der Waals surface area contributed by atoms with Crippen LogP contribution in [0, 0.1) is 13.8 Å². The summed E-state index contributed by atoms with van der Waals surface area (Å²) < 4.78 is 22.9. The van der Waals surface area contributed by atoms with E-state index < -0.39 is 0 Å². The fourth-order valence-electron chi connectivity index (χ4n) is 2.92. The Morgan fingerprint density at radius 2 is 1.79 bits per heavy atom. The third-order valence-electron chi connectivity index (χ3n) is 4.33. The lowest BCUT2D eigenvalue weighted by molar-refractivity contribution is 0.240. The quantitative estimate of drug-likeness (QED) is 0.506. The molecule has 0 aliphatic rings. The highest BCUT2D eigenvalue weighted by Crippen LogP contribution is 2.42. The SMILES string of the molecule is COc1oc2ccc(C)c(C)c2c1OCc1cc2ccccc2o1. The van der Waals surface area contributed by atoms with Crippen molar-refractivity contribution in [2.75, 3.05) is 7.11 Å². The van der Waals surface area contributed by atoms with Crippen LogP contribution in [0.5, 0.6) is 11.7 Å². The van der Waals surface area contributed by atoms with E-state index in [4.69, 9.17) is 18.3 Å². The van der Waals surface area contributed by atoms with Crippen molar-refractivity contribution in [1.82, 2.24) is 0 Å². The molecule has 122 valence electrons. The van der Waals surface area contributed by atoms with Gasteiger partial charge in [-0.2, -0.15) is 0 Å². The maximum absolute atomic E-state index is 6.02. The molecule has 2 aromatic carbocycles. The van der Waals surface area contributed by atoms with E-state index in [2.05, 4.69) is 13.8 Å². The lowest BCUT2D eigenvalue weighted by Crippen LogP contribution is -1.95. The van der Waals surface area contributed by atoms with Crippen molar-refractivity contribution in [3.05, 3.63) is 59.4 Å². The Morgan fingerprint density at radius 1 is 0.958 bits per heavy atom. The Morgan fingerprint density at radius 3 is 2.58 bits per heavy atom. The normalized spacial score (nSPS) is 11.3. The Balaban J connectivity index is 1.72. The summed E-state index contributed by atoms with van der Waals surface area (Å²) in [7, 11) is 1.58. The molecule has 0 unspecified atom stereocenters. The number of hydrogen-bond donors (Lipinski definition) is 0. The Labute approximate surface area is 139 Å². The number of methoxy groups -OCH3 is 1. The molecular weight excluding hydrogens is 304 g/mol. The van der Waals surface area contributed by atoms with Crippen molar-refractivity contribution in [3.63, 3.8) is 0 Å². The molecule has 0 fully saturated rings. The van der Waals surface area contributed by atoms with Gasteiger partial charge >= 0.3 is 5.95 Å². The van der Waals surface area contributed by atoms with E-state index in [1.807, 2.05) is 42.5 Å². The smallest absolute Gasteiger partial charge is 0.329 e. The molecule has 4 heteroatoms. The number of rotatable bonds is 4. The molecule has 0 atom stereocenters. The maximum Gasteiger partial charge on any atom is 0.329 e. The standard InChI is InChI=1S/C20H18O4/c1-12-8-9-17-18(13(12)2)19(20(21-3)24-17)22-11-15-10-14-6-4-5-7-16(14)23-15/h4-10H,11H2,1-3H3. The van der Waals surface area contributed by atoms with Crippen LogP contribution in [0.1, 0.15) is 16.9 Å². The zero-order chi connectivity index (χ0) is 16.7. The van der Waals surface area contributed by atoms with E-state index in [-0.39, 0.29) is 0 Å². The van der Waals surface area contributed by atoms with Crippen molar-refractivity contribution in [2.24, 2.45) is 0 Å². The topological polar surface area (TPSA) is 44.7 Å². The van der Waals surface area contributed by atoms with Crippen LogP contribution in [0.2, 0.25) is 0 Å². The molecule has 2 aromatic heterocycles. The fraction of sp³-hybridized carbons (Fsp3) is 0.200. The predicted molar refractivity (Wildman–Crippen MR) is 92.8 cm³/mol. The predicted octanol–water partition coefficient (Wildman–Crippen LogP) is 5.38. The summed E-state index contributed by atoms with van der Waals surface area (Å²) in [5.74, 6) is 1.77. The van der Waals surface area contributed by atoms with E-state index in [0.717, 1.165) is 33.3 Å². The molecule has 2 heterocycles. The zero-order valence-corrected chi connectivity index (χ0v) is 13.9. The number of furan rings is 2. The minimum atomic E-state index is 0.313. The van der Waals surface area contributed by atoms with E-state index in [1.165, 1.54) is 5.56 Å². The highest BCUT2D eigenvalue weighted by atomic mass is 16.6. The van der Waals surface area contributed by atoms with Gasteiger partial charge in [0.25, 0.3) is 0 Å². The van der Waals surface area contributed by atoms with Gasteiger partial charge in [0.15, 0.2) is 0 Å². The van der Waals surface area contributed by atoms with Gasteiger partial charge < -0.3 is 18.3 Å². The van der Waals surface area contributed by atoms with Crippen molar-refractivity contribution in [2.45, 2.75) is 20.5 Å². The average molecular weight is 322 g/mol. The highest BCUT2D eigenvalue weighted by Gasteiger charge is 2.20. The molecule has 24 heavy (non-hydrogen) atoms. The van der Waals surface area contributed by atoms with E-state index >= 15 is 0 Å². The van der Waals surface area contributed by atoms with Gasteiger partial charge in [-0.15, -0.1) is 0 Å². The third-order valence-corrected chi connectivity index (χ3v) is 4.33. The molecule has 4 rings (SSSR count). The van der Waals surface area contributed by atoms with E-state index in [1.54, 1.807) is 7.11 Å². The largest absolute Gasteiger partial charge is 0.478 e. The van der Waals surface area contributed by atoms with Gasteiger partial charge in [-0.3, -0.25) is 0 Å². The molecule has 0 N–H and O–H groups in total. The Kier molecular flexibility index (Phi) is 3.45.